The number of aryl methyl sites for hydroxylation is 1. The van der Waals surface area contributed by atoms with Crippen molar-refractivity contribution in [3.63, 3.8) is 0 Å². The van der Waals surface area contributed by atoms with Crippen molar-refractivity contribution in [3.8, 4) is 0 Å². The van der Waals surface area contributed by atoms with Gasteiger partial charge < -0.3 is 19.9 Å². The highest BCUT2D eigenvalue weighted by Crippen LogP contribution is 2.32. The molecule has 1 amide bonds. The maximum absolute atomic E-state index is 13.1. The van der Waals surface area contributed by atoms with E-state index in [9.17, 15) is 4.79 Å². The van der Waals surface area contributed by atoms with Gasteiger partial charge in [0.1, 0.15) is 0 Å². The number of piperidine rings is 1. The van der Waals surface area contributed by atoms with E-state index < -0.39 is 0 Å². The normalized spacial score (nSPS) is 19.8. The molecule has 3 rings (SSSR count). The Bertz CT molecular complexity index is 538. The van der Waals surface area contributed by atoms with Crippen LogP contribution in [0.5, 0.6) is 0 Å². The van der Waals surface area contributed by atoms with Gasteiger partial charge in [-0.2, -0.15) is 0 Å². The lowest BCUT2D eigenvalue weighted by atomic mass is 9.78. The summed E-state index contributed by atoms with van der Waals surface area (Å²) in [6.45, 7) is 7.61. The number of nitrogens with zero attached hydrogens (tertiary/aromatic N) is 3. The summed E-state index contributed by atoms with van der Waals surface area (Å²) >= 11 is 1.68. The van der Waals surface area contributed by atoms with Gasteiger partial charge in [-0.3, -0.25) is 4.79 Å². The predicted molar refractivity (Wildman–Crippen MR) is 107 cm³/mol. The first-order valence-electron chi connectivity index (χ1n) is 8.31. The number of nitrogens with one attached hydrogen (secondary N) is 1. The lowest BCUT2D eigenvalue weighted by Gasteiger charge is -2.42. The molecule has 0 unspecified atom stereocenters. The van der Waals surface area contributed by atoms with Crippen LogP contribution in [-0.2, 0) is 9.53 Å². The maximum atomic E-state index is 13.1. The number of hydrogen-bond acceptors (Lipinski definition) is 6. The molecular formula is C16H28Cl2N4O2S. The molecule has 2 saturated heterocycles. The highest BCUT2D eigenvalue weighted by Gasteiger charge is 2.42. The van der Waals surface area contributed by atoms with Crippen LogP contribution < -0.4 is 10.2 Å². The fourth-order valence-corrected chi connectivity index (χ4v) is 4.38. The van der Waals surface area contributed by atoms with E-state index in [1.54, 1.807) is 18.4 Å². The lowest BCUT2D eigenvalue weighted by Crippen LogP contribution is -2.56. The summed E-state index contributed by atoms with van der Waals surface area (Å²) in [5, 5.41) is 6.50. The molecule has 1 N–H and O–H groups in total. The van der Waals surface area contributed by atoms with Gasteiger partial charge in [0.25, 0.3) is 0 Å². The molecule has 2 aliphatic heterocycles. The standard InChI is InChI=1S/C16H26N4O2S.2ClH/c1-13-11-23-15(18-13)20-9-7-19(8-10-20)14(21)16(12-22-2)3-5-17-6-4-16;;/h11,17H,3-10,12H2,1-2H3;2*1H. The zero-order chi connectivity index (χ0) is 16.3. The number of piperazine rings is 1. The number of hydrogen-bond donors (Lipinski definition) is 1. The molecule has 2 fully saturated rings. The molecule has 0 aromatic carbocycles. The second-order valence-corrected chi connectivity index (χ2v) is 7.35. The first kappa shape index (κ1) is 22.4. The molecule has 25 heavy (non-hydrogen) atoms. The molecule has 6 nitrogen and oxygen atoms in total. The fourth-order valence-electron chi connectivity index (χ4n) is 3.52. The first-order chi connectivity index (χ1) is 11.1. The Hall–Kier alpha value is -0.600. The number of carbonyl (C=O) groups excluding carboxylic acids is 1. The van der Waals surface area contributed by atoms with Crippen molar-refractivity contribution in [2.75, 3.05) is 57.9 Å². The third kappa shape index (κ3) is 4.98. The molecule has 2 aliphatic rings. The zero-order valence-electron chi connectivity index (χ0n) is 14.8. The molecule has 0 spiro atoms. The molecule has 3 heterocycles. The SMILES string of the molecule is COCC1(C(=O)N2CCN(c3nc(C)cs3)CC2)CCNCC1.Cl.Cl. The summed E-state index contributed by atoms with van der Waals surface area (Å²) in [5.41, 5.74) is 0.734. The topological polar surface area (TPSA) is 57.7 Å². The van der Waals surface area contributed by atoms with Crippen LogP contribution in [0, 0.1) is 12.3 Å². The van der Waals surface area contributed by atoms with Crippen molar-refractivity contribution >= 4 is 47.2 Å². The number of thiazole rings is 1. The van der Waals surface area contributed by atoms with E-state index in [0.717, 1.165) is 62.9 Å². The summed E-state index contributed by atoms with van der Waals surface area (Å²) in [7, 11) is 1.69. The van der Waals surface area contributed by atoms with Gasteiger partial charge in [-0.05, 0) is 32.9 Å². The minimum absolute atomic E-state index is 0. The van der Waals surface area contributed by atoms with Gasteiger partial charge >= 0.3 is 0 Å². The van der Waals surface area contributed by atoms with E-state index in [0.29, 0.717) is 6.61 Å². The summed E-state index contributed by atoms with van der Waals surface area (Å²) in [4.78, 5) is 22.0. The number of anilines is 1. The van der Waals surface area contributed by atoms with Crippen molar-refractivity contribution in [1.29, 1.82) is 0 Å². The smallest absolute Gasteiger partial charge is 0.231 e. The molecule has 0 saturated carbocycles. The molecule has 1 aromatic rings. The molecule has 0 bridgehead atoms. The van der Waals surface area contributed by atoms with Crippen molar-refractivity contribution < 1.29 is 9.53 Å². The van der Waals surface area contributed by atoms with Crippen LogP contribution in [0.4, 0.5) is 5.13 Å². The average molecular weight is 411 g/mol. The van der Waals surface area contributed by atoms with Crippen LogP contribution in [0.2, 0.25) is 0 Å². The second-order valence-electron chi connectivity index (χ2n) is 6.51. The molecule has 0 atom stereocenters. The third-order valence-corrected chi connectivity index (χ3v) is 5.90. The van der Waals surface area contributed by atoms with Gasteiger partial charge in [0.15, 0.2) is 5.13 Å². The van der Waals surface area contributed by atoms with Crippen molar-refractivity contribution in [3.05, 3.63) is 11.1 Å². The quantitative estimate of drug-likeness (QED) is 0.821. The summed E-state index contributed by atoms with van der Waals surface area (Å²) in [5.74, 6) is 0.274. The van der Waals surface area contributed by atoms with E-state index in [4.69, 9.17) is 4.74 Å². The Labute approximate surface area is 166 Å². The number of amides is 1. The largest absolute Gasteiger partial charge is 0.384 e. The molecular weight excluding hydrogens is 383 g/mol. The van der Waals surface area contributed by atoms with Crippen LogP contribution >= 0.6 is 36.2 Å². The van der Waals surface area contributed by atoms with Gasteiger partial charge in [0.05, 0.1) is 17.7 Å². The van der Waals surface area contributed by atoms with Crippen LogP contribution in [0.25, 0.3) is 0 Å². The summed E-state index contributed by atoms with van der Waals surface area (Å²) in [6.07, 6.45) is 1.73. The number of halogens is 2. The van der Waals surface area contributed by atoms with Crippen molar-refractivity contribution in [2.45, 2.75) is 19.8 Å². The number of aromatic nitrogens is 1. The maximum Gasteiger partial charge on any atom is 0.231 e. The van der Waals surface area contributed by atoms with Gasteiger partial charge in [0.2, 0.25) is 5.91 Å². The molecule has 0 radical (unpaired) electrons. The Morgan fingerprint density at radius 2 is 1.92 bits per heavy atom. The van der Waals surface area contributed by atoms with Gasteiger partial charge in [0, 0.05) is 38.7 Å². The summed E-state index contributed by atoms with van der Waals surface area (Å²) in [6, 6.07) is 0. The van der Waals surface area contributed by atoms with E-state index in [1.807, 2.05) is 11.8 Å². The predicted octanol–water partition coefficient (Wildman–Crippen LogP) is 1.96. The van der Waals surface area contributed by atoms with E-state index >= 15 is 0 Å². The van der Waals surface area contributed by atoms with Crippen molar-refractivity contribution in [1.82, 2.24) is 15.2 Å². The van der Waals surface area contributed by atoms with Gasteiger partial charge in [-0.1, -0.05) is 0 Å². The Kier molecular flexibility index (Phi) is 8.91. The fraction of sp³-hybridized carbons (Fsp3) is 0.750. The number of rotatable bonds is 4. The first-order valence-corrected chi connectivity index (χ1v) is 9.19. The molecule has 144 valence electrons. The Balaban J connectivity index is 0.00000156. The van der Waals surface area contributed by atoms with Crippen LogP contribution in [0.1, 0.15) is 18.5 Å². The Morgan fingerprint density at radius 1 is 1.28 bits per heavy atom. The highest BCUT2D eigenvalue weighted by molar-refractivity contribution is 7.13. The summed E-state index contributed by atoms with van der Waals surface area (Å²) < 4.78 is 5.40. The second kappa shape index (κ2) is 9.92. The van der Waals surface area contributed by atoms with Gasteiger partial charge in [-0.25, -0.2) is 4.98 Å². The number of ether oxygens (including phenoxy) is 1. The third-order valence-electron chi connectivity index (χ3n) is 4.88. The van der Waals surface area contributed by atoms with E-state index in [-0.39, 0.29) is 36.1 Å². The monoisotopic (exact) mass is 410 g/mol. The van der Waals surface area contributed by atoms with Crippen LogP contribution in [0.3, 0.4) is 0 Å². The lowest BCUT2D eigenvalue weighted by molar-refractivity contribution is -0.147. The van der Waals surface area contributed by atoms with Gasteiger partial charge in [-0.15, -0.1) is 36.2 Å². The molecule has 9 heteroatoms. The zero-order valence-corrected chi connectivity index (χ0v) is 17.3. The van der Waals surface area contributed by atoms with Crippen molar-refractivity contribution in [2.24, 2.45) is 5.41 Å². The minimum Gasteiger partial charge on any atom is -0.384 e. The van der Waals surface area contributed by atoms with E-state index in [1.165, 1.54) is 0 Å². The number of carbonyl (C=O) groups is 1. The highest BCUT2D eigenvalue weighted by atomic mass is 35.5. The number of methoxy groups -OCH3 is 1. The Morgan fingerprint density at radius 3 is 2.44 bits per heavy atom. The van der Waals surface area contributed by atoms with Crippen LogP contribution in [0.15, 0.2) is 5.38 Å². The van der Waals surface area contributed by atoms with E-state index in [2.05, 4.69) is 20.6 Å². The average Bonchev–Trinajstić information content (AvgIpc) is 3.02. The molecule has 1 aromatic heterocycles. The minimum atomic E-state index is -0.333. The molecule has 0 aliphatic carbocycles. The van der Waals surface area contributed by atoms with Crippen LogP contribution in [-0.4, -0.2) is 68.8 Å².